The van der Waals surface area contributed by atoms with Gasteiger partial charge in [-0.25, -0.2) is 13.8 Å². The topological polar surface area (TPSA) is 64.7 Å². The van der Waals surface area contributed by atoms with Gasteiger partial charge in [-0.1, -0.05) is 0 Å². The van der Waals surface area contributed by atoms with E-state index < -0.39 is 28.9 Å². The van der Waals surface area contributed by atoms with E-state index in [1.165, 1.54) is 12.3 Å². The Morgan fingerprint density at radius 1 is 1.03 bits per heavy atom. The molecule has 3 aromatic heterocycles. The highest BCUT2D eigenvalue weighted by Gasteiger charge is 2.36. The van der Waals surface area contributed by atoms with E-state index in [-0.39, 0.29) is 29.0 Å². The van der Waals surface area contributed by atoms with Gasteiger partial charge in [0.25, 0.3) is 5.56 Å². The van der Waals surface area contributed by atoms with Gasteiger partial charge >= 0.3 is 6.18 Å². The number of halogens is 5. The fraction of sp³-hybridized carbons (Fsp3) is 0.346. The second-order valence-electron chi connectivity index (χ2n) is 9.73. The second kappa shape index (κ2) is 8.90. The number of ether oxygens (including phenoxy) is 1. The highest BCUT2D eigenvalue weighted by molar-refractivity contribution is 5.81. The van der Waals surface area contributed by atoms with Crippen LogP contribution in [0.2, 0.25) is 0 Å². The number of alkyl halides is 3. The Balaban J connectivity index is 1.48. The molecule has 1 aliphatic heterocycles. The average molecular weight is 531 g/mol. The zero-order valence-electron chi connectivity index (χ0n) is 20.1. The number of benzene rings is 1. The van der Waals surface area contributed by atoms with Crippen LogP contribution in [0.5, 0.6) is 0 Å². The molecular weight excluding hydrogens is 509 g/mol. The van der Waals surface area contributed by atoms with Gasteiger partial charge in [-0.15, -0.1) is 0 Å². The molecule has 0 spiro atoms. The molecule has 4 heterocycles. The minimum atomic E-state index is -4.93. The van der Waals surface area contributed by atoms with Crippen molar-refractivity contribution in [3.05, 3.63) is 82.2 Å². The first-order valence-corrected chi connectivity index (χ1v) is 12.1. The van der Waals surface area contributed by atoms with Crippen molar-refractivity contribution in [3.8, 4) is 11.1 Å². The molecule has 1 saturated heterocycles. The number of hydrogen-bond acceptors (Lipinski definition) is 5. The van der Waals surface area contributed by atoms with E-state index in [4.69, 9.17) is 4.74 Å². The van der Waals surface area contributed by atoms with Crippen LogP contribution in [0.15, 0.2) is 53.8 Å². The lowest BCUT2D eigenvalue weighted by atomic mass is 10.0. The molecule has 0 radical (unpaired) electrons. The Morgan fingerprint density at radius 2 is 1.82 bits per heavy atom. The van der Waals surface area contributed by atoms with Gasteiger partial charge in [0.05, 0.1) is 24.0 Å². The SMILES string of the molecule is CC1CN(c2cc(-c3ccc(F)cc3F)c3ncc(C(F)(F)F)c(=O)n3c2)CC(c2cnn(C3CC3)c2)O1. The van der Waals surface area contributed by atoms with E-state index in [0.29, 0.717) is 37.1 Å². The van der Waals surface area contributed by atoms with Crippen LogP contribution in [0.4, 0.5) is 27.6 Å². The largest absolute Gasteiger partial charge is 0.423 e. The van der Waals surface area contributed by atoms with Gasteiger partial charge in [0.15, 0.2) is 0 Å². The lowest BCUT2D eigenvalue weighted by Crippen LogP contribution is -2.43. The van der Waals surface area contributed by atoms with Crippen LogP contribution in [0.25, 0.3) is 16.8 Å². The number of anilines is 1. The monoisotopic (exact) mass is 531 g/mol. The van der Waals surface area contributed by atoms with Crippen molar-refractivity contribution in [2.24, 2.45) is 0 Å². The molecule has 6 rings (SSSR count). The predicted octanol–water partition coefficient (Wildman–Crippen LogP) is 5.16. The molecule has 12 heteroatoms. The van der Waals surface area contributed by atoms with E-state index in [2.05, 4.69) is 10.1 Å². The number of morpholine rings is 1. The van der Waals surface area contributed by atoms with Crippen LogP contribution >= 0.6 is 0 Å². The third kappa shape index (κ3) is 4.42. The van der Waals surface area contributed by atoms with Crippen molar-refractivity contribution in [2.75, 3.05) is 18.0 Å². The maximum atomic E-state index is 14.8. The molecule has 2 aliphatic rings. The Bertz CT molecular complexity index is 1590. The van der Waals surface area contributed by atoms with Gasteiger partial charge < -0.3 is 9.64 Å². The highest BCUT2D eigenvalue weighted by atomic mass is 19.4. The first-order valence-electron chi connectivity index (χ1n) is 12.1. The van der Waals surface area contributed by atoms with Crippen LogP contribution in [-0.2, 0) is 10.9 Å². The van der Waals surface area contributed by atoms with E-state index in [1.807, 2.05) is 22.7 Å². The molecule has 0 bridgehead atoms. The third-order valence-corrected chi connectivity index (χ3v) is 6.85. The van der Waals surface area contributed by atoms with Crippen LogP contribution in [0.3, 0.4) is 0 Å². The van der Waals surface area contributed by atoms with Crippen molar-refractivity contribution >= 4 is 11.3 Å². The van der Waals surface area contributed by atoms with Gasteiger partial charge in [0.2, 0.25) is 0 Å². The number of pyridine rings is 1. The predicted molar refractivity (Wildman–Crippen MR) is 128 cm³/mol. The summed E-state index contributed by atoms with van der Waals surface area (Å²) in [4.78, 5) is 18.7. The zero-order valence-corrected chi connectivity index (χ0v) is 20.1. The molecule has 0 amide bonds. The number of aromatic nitrogens is 4. The van der Waals surface area contributed by atoms with Gasteiger partial charge in [0, 0.05) is 54.4 Å². The summed E-state index contributed by atoms with van der Waals surface area (Å²) in [7, 11) is 0. The molecule has 1 aromatic carbocycles. The number of hydrogen-bond donors (Lipinski definition) is 0. The van der Waals surface area contributed by atoms with Crippen LogP contribution < -0.4 is 10.5 Å². The molecule has 2 unspecified atom stereocenters. The van der Waals surface area contributed by atoms with E-state index in [9.17, 15) is 26.7 Å². The fourth-order valence-corrected chi connectivity index (χ4v) is 4.85. The normalized spacial score (nSPS) is 20.3. The lowest BCUT2D eigenvalue weighted by molar-refractivity contribution is -0.139. The van der Waals surface area contributed by atoms with Crippen molar-refractivity contribution in [1.29, 1.82) is 0 Å². The van der Waals surface area contributed by atoms with Crippen molar-refractivity contribution in [3.63, 3.8) is 0 Å². The van der Waals surface area contributed by atoms with E-state index >= 15 is 0 Å². The summed E-state index contributed by atoms with van der Waals surface area (Å²) in [5.74, 6) is -1.74. The Hall–Kier alpha value is -3.80. The molecule has 2 atom stereocenters. The minimum Gasteiger partial charge on any atom is -0.367 e. The maximum Gasteiger partial charge on any atom is 0.423 e. The zero-order chi connectivity index (χ0) is 26.8. The molecule has 38 heavy (non-hydrogen) atoms. The molecule has 2 fully saturated rings. The number of fused-ring (bicyclic) bond motifs is 1. The highest BCUT2D eigenvalue weighted by Crippen LogP contribution is 2.37. The molecule has 0 N–H and O–H groups in total. The first-order chi connectivity index (χ1) is 18.1. The summed E-state index contributed by atoms with van der Waals surface area (Å²) in [6.07, 6.45) is 1.93. The van der Waals surface area contributed by atoms with Gasteiger partial charge in [0.1, 0.15) is 28.9 Å². The summed E-state index contributed by atoms with van der Waals surface area (Å²) in [6, 6.07) is 4.81. The minimum absolute atomic E-state index is 0.0584. The third-order valence-electron chi connectivity index (χ3n) is 6.85. The van der Waals surface area contributed by atoms with E-state index in [1.54, 1.807) is 12.3 Å². The van der Waals surface area contributed by atoms with Crippen molar-refractivity contribution in [1.82, 2.24) is 19.2 Å². The summed E-state index contributed by atoms with van der Waals surface area (Å²) in [5.41, 5.74) is -1.77. The Kier molecular flexibility index (Phi) is 5.74. The summed E-state index contributed by atoms with van der Waals surface area (Å²) < 4.78 is 77.9. The smallest absolute Gasteiger partial charge is 0.367 e. The Morgan fingerprint density at radius 3 is 2.53 bits per heavy atom. The van der Waals surface area contributed by atoms with E-state index in [0.717, 1.165) is 28.9 Å². The molecule has 1 saturated carbocycles. The molecule has 198 valence electrons. The van der Waals surface area contributed by atoms with Gasteiger partial charge in [-0.3, -0.25) is 13.9 Å². The molecule has 4 aromatic rings. The Labute approximate surface area is 213 Å². The summed E-state index contributed by atoms with van der Waals surface area (Å²) in [6.45, 7) is 2.55. The number of rotatable bonds is 4. The molecule has 7 nitrogen and oxygen atoms in total. The fourth-order valence-electron chi connectivity index (χ4n) is 4.85. The second-order valence-corrected chi connectivity index (χ2v) is 9.73. The number of nitrogens with zero attached hydrogens (tertiary/aromatic N) is 5. The van der Waals surface area contributed by atoms with Gasteiger partial charge in [-0.2, -0.15) is 18.3 Å². The van der Waals surface area contributed by atoms with Crippen LogP contribution in [-0.4, -0.2) is 38.4 Å². The summed E-state index contributed by atoms with van der Waals surface area (Å²) in [5, 5.41) is 4.42. The molecule has 1 aliphatic carbocycles. The maximum absolute atomic E-state index is 14.8. The van der Waals surface area contributed by atoms with Crippen molar-refractivity contribution < 1.29 is 26.7 Å². The molecular formula is C26H22F5N5O2. The van der Waals surface area contributed by atoms with Crippen molar-refractivity contribution in [2.45, 2.75) is 44.2 Å². The summed E-state index contributed by atoms with van der Waals surface area (Å²) >= 11 is 0. The van der Waals surface area contributed by atoms with Gasteiger partial charge in [-0.05, 0) is 38.0 Å². The average Bonchev–Trinajstić information content (AvgIpc) is 3.59. The van der Waals surface area contributed by atoms with Crippen LogP contribution in [0, 0.1) is 11.6 Å². The lowest BCUT2D eigenvalue weighted by Gasteiger charge is -2.38. The first kappa shape index (κ1) is 24.5. The quantitative estimate of drug-likeness (QED) is 0.341. The standard InChI is InChI=1S/C26H22F5N5O2/c1-14-10-34(13-23(38-14)15-8-33-36(11-15)17-3-4-17)18-7-20(19-5-2-16(27)6-22(19)28)24-32-9-21(26(29,30)31)25(37)35(24)12-18/h2,5-9,11-12,14,17,23H,3-4,10,13H2,1H3. The van der Waals surface area contributed by atoms with Crippen LogP contribution in [0.1, 0.15) is 43.0 Å².